The van der Waals surface area contributed by atoms with Crippen molar-refractivity contribution in [1.82, 2.24) is 0 Å². The molecule has 0 bridgehead atoms. The third kappa shape index (κ3) is 3.14. The fraction of sp³-hybridized carbons (Fsp3) is 0.214. The Labute approximate surface area is 123 Å². The van der Waals surface area contributed by atoms with Crippen molar-refractivity contribution >= 4 is 44.4 Å². The van der Waals surface area contributed by atoms with Crippen LogP contribution in [0.2, 0.25) is 0 Å². The van der Waals surface area contributed by atoms with Gasteiger partial charge in [-0.2, -0.15) is 0 Å². The number of carbonyl (C=O) groups is 3. The standard InChI is InChI=1S/C14H11BrO5/c1-2-19-14(18)11(17)7-10(16)13-6-8-5-9(15)3-4-12(8)20-13/h3-6H,2,7H2,1H3. The average Bonchev–Trinajstić information content (AvgIpc) is 2.81. The second kappa shape index (κ2) is 6.00. The number of hydrogen-bond acceptors (Lipinski definition) is 5. The highest BCUT2D eigenvalue weighted by molar-refractivity contribution is 9.10. The molecule has 0 aliphatic rings. The van der Waals surface area contributed by atoms with Gasteiger partial charge in [-0.05, 0) is 31.2 Å². The maximum atomic E-state index is 11.9. The van der Waals surface area contributed by atoms with Crippen LogP contribution in [-0.2, 0) is 14.3 Å². The van der Waals surface area contributed by atoms with E-state index in [2.05, 4.69) is 20.7 Å². The summed E-state index contributed by atoms with van der Waals surface area (Å²) in [4.78, 5) is 34.5. The molecule has 0 radical (unpaired) electrons. The first-order valence-electron chi connectivity index (χ1n) is 5.93. The maximum Gasteiger partial charge on any atom is 0.375 e. The van der Waals surface area contributed by atoms with Gasteiger partial charge in [0.15, 0.2) is 5.76 Å². The highest BCUT2D eigenvalue weighted by Gasteiger charge is 2.22. The number of rotatable bonds is 5. The van der Waals surface area contributed by atoms with Crippen LogP contribution in [-0.4, -0.2) is 24.1 Å². The second-order valence-corrected chi connectivity index (χ2v) is 4.95. The van der Waals surface area contributed by atoms with Gasteiger partial charge in [-0.3, -0.25) is 9.59 Å². The second-order valence-electron chi connectivity index (χ2n) is 4.04. The Morgan fingerprint density at radius 1 is 1.25 bits per heavy atom. The normalized spacial score (nSPS) is 10.5. The molecule has 0 aliphatic heterocycles. The van der Waals surface area contributed by atoms with Gasteiger partial charge in [0.05, 0.1) is 13.0 Å². The van der Waals surface area contributed by atoms with E-state index in [-0.39, 0.29) is 12.4 Å². The van der Waals surface area contributed by atoms with Gasteiger partial charge in [-0.15, -0.1) is 0 Å². The topological polar surface area (TPSA) is 73.6 Å². The molecule has 0 N–H and O–H groups in total. The van der Waals surface area contributed by atoms with Crippen molar-refractivity contribution in [3.05, 3.63) is 34.5 Å². The van der Waals surface area contributed by atoms with Crippen LogP contribution < -0.4 is 0 Å². The summed E-state index contributed by atoms with van der Waals surface area (Å²) in [6.45, 7) is 1.68. The molecule has 20 heavy (non-hydrogen) atoms. The van der Waals surface area contributed by atoms with E-state index in [1.54, 1.807) is 31.2 Å². The zero-order valence-electron chi connectivity index (χ0n) is 10.6. The molecule has 2 aromatic rings. The van der Waals surface area contributed by atoms with E-state index in [4.69, 9.17) is 4.42 Å². The summed E-state index contributed by atoms with van der Waals surface area (Å²) in [6.07, 6.45) is -0.556. The summed E-state index contributed by atoms with van der Waals surface area (Å²) in [5.74, 6) is -2.37. The summed E-state index contributed by atoms with van der Waals surface area (Å²) in [6, 6.07) is 6.83. The van der Waals surface area contributed by atoms with Crippen molar-refractivity contribution in [2.24, 2.45) is 0 Å². The minimum Gasteiger partial charge on any atom is -0.460 e. The molecule has 2 rings (SSSR count). The highest BCUT2D eigenvalue weighted by Crippen LogP contribution is 2.24. The van der Waals surface area contributed by atoms with Crippen LogP contribution in [0.4, 0.5) is 0 Å². The number of ether oxygens (including phenoxy) is 1. The number of carbonyl (C=O) groups excluding carboxylic acids is 3. The van der Waals surface area contributed by atoms with Gasteiger partial charge in [0, 0.05) is 9.86 Å². The van der Waals surface area contributed by atoms with Crippen LogP contribution in [0.25, 0.3) is 11.0 Å². The van der Waals surface area contributed by atoms with E-state index in [1.165, 1.54) is 0 Å². The molecule has 1 aromatic heterocycles. The van der Waals surface area contributed by atoms with Crippen LogP contribution in [0.1, 0.15) is 23.9 Å². The largest absolute Gasteiger partial charge is 0.460 e. The number of esters is 1. The molecule has 0 unspecified atom stereocenters. The first kappa shape index (κ1) is 14.5. The molecule has 1 aromatic carbocycles. The van der Waals surface area contributed by atoms with E-state index in [1.807, 2.05) is 0 Å². The Bertz CT molecular complexity index is 686. The molecule has 1 heterocycles. The van der Waals surface area contributed by atoms with Crippen LogP contribution in [0.5, 0.6) is 0 Å². The van der Waals surface area contributed by atoms with Crippen molar-refractivity contribution in [3.8, 4) is 0 Å². The van der Waals surface area contributed by atoms with Gasteiger partial charge in [0.1, 0.15) is 5.58 Å². The van der Waals surface area contributed by atoms with Crippen molar-refractivity contribution < 1.29 is 23.5 Å². The van der Waals surface area contributed by atoms with E-state index < -0.39 is 24.0 Å². The molecule has 5 nitrogen and oxygen atoms in total. The molecule has 0 spiro atoms. The summed E-state index contributed by atoms with van der Waals surface area (Å²) in [5.41, 5.74) is 0.542. The fourth-order valence-electron chi connectivity index (χ4n) is 1.67. The van der Waals surface area contributed by atoms with Crippen LogP contribution in [0, 0.1) is 0 Å². The summed E-state index contributed by atoms with van der Waals surface area (Å²) < 4.78 is 10.7. The lowest BCUT2D eigenvalue weighted by atomic mass is 10.1. The van der Waals surface area contributed by atoms with Crippen molar-refractivity contribution in [2.75, 3.05) is 6.61 Å². The number of furan rings is 1. The minimum absolute atomic E-state index is 0.0516. The lowest BCUT2D eigenvalue weighted by Crippen LogP contribution is -2.20. The maximum absolute atomic E-state index is 11.9. The SMILES string of the molecule is CCOC(=O)C(=O)CC(=O)c1cc2cc(Br)ccc2o1. The molecular formula is C14H11BrO5. The fourth-order valence-corrected chi connectivity index (χ4v) is 2.05. The molecule has 6 heteroatoms. The lowest BCUT2D eigenvalue weighted by Gasteiger charge is -1.98. The summed E-state index contributed by atoms with van der Waals surface area (Å²) >= 11 is 3.31. The third-order valence-electron chi connectivity index (χ3n) is 2.58. The first-order chi connectivity index (χ1) is 9.51. The zero-order chi connectivity index (χ0) is 14.7. The lowest BCUT2D eigenvalue weighted by molar-refractivity contribution is -0.153. The quantitative estimate of drug-likeness (QED) is 0.362. The summed E-state index contributed by atoms with van der Waals surface area (Å²) in [5, 5.41) is 0.742. The average molecular weight is 339 g/mol. The number of benzene rings is 1. The number of Topliss-reactive ketones (excluding diaryl/α,β-unsaturated/α-hetero) is 2. The van der Waals surface area contributed by atoms with Crippen LogP contribution in [0.3, 0.4) is 0 Å². The molecule has 0 saturated heterocycles. The summed E-state index contributed by atoms with van der Waals surface area (Å²) in [7, 11) is 0. The Morgan fingerprint density at radius 2 is 2.00 bits per heavy atom. The van der Waals surface area contributed by atoms with Gasteiger partial charge in [-0.1, -0.05) is 15.9 Å². The molecule has 0 fully saturated rings. The molecular weight excluding hydrogens is 328 g/mol. The van der Waals surface area contributed by atoms with Crippen molar-refractivity contribution in [1.29, 1.82) is 0 Å². The Hall–Kier alpha value is -1.95. The number of hydrogen-bond donors (Lipinski definition) is 0. The minimum atomic E-state index is -1.00. The first-order valence-corrected chi connectivity index (χ1v) is 6.72. The Kier molecular flexibility index (Phi) is 4.34. The van der Waals surface area contributed by atoms with E-state index >= 15 is 0 Å². The van der Waals surface area contributed by atoms with Gasteiger partial charge < -0.3 is 9.15 Å². The number of halogens is 1. The predicted octanol–water partition coefficient (Wildman–Crippen LogP) is 2.90. The monoisotopic (exact) mass is 338 g/mol. The van der Waals surface area contributed by atoms with E-state index in [0.29, 0.717) is 5.58 Å². The molecule has 0 saturated carbocycles. The predicted molar refractivity (Wildman–Crippen MR) is 74.5 cm³/mol. The van der Waals surface area contributed by atoms with Crippen molar-refractivity contribution in [2.45, 2.75) is 13.3 Å². The van der Waals surface area contributed by atoms with E-state index in [9.17, 15) is 14.4 Å². The Morgan fingerprint density at radius 3 is 2.70 bits per heavy atom. The van der Waals surface area contributed by atoms with Crippen LogP contribution >= 0.6 is 15.9 Å². The highest BCUT2D eigenvalue weighted by atomic mass is 79.9. The van der Waals surface area contributed by atoms with Crippen molar-refractivity contribution in [3.63, 3.8) is 0 Å². The van der Waals surface area contributed by atoms with Gasteiger partial charge in [0.25, 0.3) is 0 Å². The zero-order valence-corrected chi connectivity index (χ0v) is 12.2. The van der Waals surface area contributed by atoms with Gasteiger partial charge >= 0.3 is 5.97 Å². The third-order valence-corrected chi connectivity index (χ3v) is 3.07. The Balaban J connectivity index is 2.15. The molecule has 104 valence electrons. The molecule has 0 amide bonds. The molecule has 0 atom stereocenters. The van der Waals surface area contributed by atoms with Gasteiger partial charge in [-0.25, -0.2) is 4.79 Å². The smallest absolute Gasteiger partial charge is 0.375 e. The molecule has 0 aliphatic carbocycles. The number of fused-ring (bicyclic) bond motifs is 1. The van der Waals surface area contributed by atoms with Crippen LogP contribution in [0.15, 0.2) is 33.2 Å². The van der Waals surface area contributed by atoms with Gasteiger partial charge in [0.2, 0.25) is 11.6 Å². The number of ketones is 2. The van der Waals surface area contributed by atoms with E-state index in [0.717, 1.165) is 9.86 Å².